The second-order valence-corrected chi connectivity index (χ2v) is 11.9. The Morgan fingerprint density at radius 2 is 0.833 bits per heavy atom. The molecule has 0 fully saturated rings. The van der Waals surface area contributed by atoms with Crippen LogP contribution in [0.15, 0.2) is 140 Å². The highest BCUT2D eigenvalue weighted by atomic mass is 14.7. The summed E-state index contributed by atoms with van der Waals surface area (Å²) in [5.74, 6) is 0. The number of benzene rings is 5. The zero-order valence-electron chi connectivity index (χ0n) is 24.2. The van der Waals surface area contributed by atoms with Gasteiger partial charge < -0.3 is 0 Å². The standard InChI is InChI=1S/C40H32N2/c1-40(2,3)31-22-23-34-35(26-31)39(30-20-16-28(17-21-30)37-13-7-9-25-42-37)33-11-5-4-10-32(33)38(34)29-18-14-27(15-19-29)36-12-6-8-24-41-36/h4-26H,1-3H3. The number of pyridine rings is 2. The van der Waals surface area contributed by atoms with E-state index in [9.17, 15) is 0 Å². The van der Waals surface area contributed by atoms with Crippen molar-refractivity contribution in [2.75, 3.05) is 0 Å². The molecule has 0 aliphatic carbocycles. The molecular formula is C40H32N2. The van der Waals surface area contributed by atoms with Gasteiger partial charge in [-0.05, 0) is 85.1 Å². The van der Waals surface area contributed by atoms with Gasteiger partial charge in [0.2, 0.25) is 0 Å². The highest BCUT2D eigenvalue weighted by Crippen LogP contribution is 2.45. The van der Waals surface area contributed by atoms with Crippen molar-refractivity contribution in [3.8, 4) is 44.8 Å². The topological polar surface area (TPSA) is 25.8 Å². The molecule has 2 aromatic heterocycles. The zero-order chi connectivity index (χ0) is 28.7. The van der Waals surface area contributed by atoms with Crippen LogP contribution in [0.3, 0.4) is 0 Å². The first-order valence-corrected chi connectivity index (χ1v) is 14.5. The summed E-state index contributed by atoms with van der Waals surface area (Å²) in [4.78, 5) is 9.11. The Morgan fingerprint density at radius 1 is 0.405 bits per heavy atom. The molecule has 0 saturated carbocycles. The molecule has 42 heavy (non-hydrogen) atoms. The first-order valence-electron chi connectivity index (χ1n) is 14.5. The summed E-state index contributed by atoms with van der Waals surface area (Å²) >= 11 is 0. The first kappa shape index (κ1) is 25.9. The van der Waals surface area contributed by atoms with E-state index in [2.05, 4.69) is 134 Å². The van der Waals surface area contributed by atoms with Crippen molar-refractivity contribution < 1.29 is 0 Å². The molecular weight excluding hydrogens is 508 g/mol. The number of rotatable bonds is 4. The first-order chi connectivity index (χ1) is 20.5. The predicted octanol–water partition coefficient (Wildman–Crippen LogP) is 10.7. The molecule has 2 heterocycles. The van der Waals surface area contributed by atoms with E-state index in [-0.39, 0.29) is 5.41 Å². The molecule has 0 N–H and O–H groups in total. The summed E-state index contributed by atoms with van der Waals surface area (Å²) in [6.45, 7) is 6.86. The maximum absolute atomic E-state index is 4.56. The Balaban J connectivity index is 1.48. The van der Waals surface area contributed by atoms with Gasteiger partial charge in [0.15, 0.2) is 0 Å². The SMILES string of the molecule is CC(C)(C)c1ccc2c(-c3ccc(-c4ccccn4)cc3)c3ccccc3c(-c3ccc(-c4ccccn4)cc3)c2c1. The smallest absolute Gasteiger partial charge is 0.0701 e. The molecule has 5 aromatic carbocycles. The van der Waals surface area contributed by atoms with Gasteiger partial charge in [0.05, 0.1) is 11.4 Å². The van der Waals surface area contributed by atoms with Crippen LogP contribution in [-0.2, 0) is 5.41 Å². The summed E-state index contributed by atoms with van der Waals surface area (Å²) in [6, 6.07) is 45.7. The average molecular weight is 541 g/mol. The van der Waals surface area contributed by atoms with Gasteiger partial charge in [-0.25, -0.2) is 0 Å². The quantitative estimate of drug-likeness (QED) is 0.208. The molecule has 0 aliphatic rings. The van der Waals surface area contributed by atoms with Gasteiger partial charge in [-0.3, -0.25) is 9.97 Å². The molecule has 0 aliphatic heterocycles. The second-order valence-electron chi connectivity index (χ2n) is 11.9. The van der Waals surface area contributed by atoms with Crippen molar-refractivity contribution in [2.45, 2.75) is 26.2 Å². The molecule has 7 aromatic rings. The van der Waals surface area contributed by atoms with Crippen LogP contribution in [0, 0.1) is 0 Å². The lowest BCUT2D eigenvalue weighted by atomic mass is 9.81. The van der Waals surface area contributed by atoms with Crippen LogP contribution < -0.4 is 0 Å². The van der Waals surface area contributed by atoms with Gasteiger partial charge in [0, 0.05) is 23.5 Å². The molecule has 0 saturated heterocycles. The minimum absolute atomic E-state index is 0.0322. The Labute approximate surface area is 247 Å². The van der Waals surface area contributed by atoms with Crippen LogP contribution in [0.1, 0.15) is 26.3 Å². The molecule has 0 atom stereocenters. The number of fused-ring (bicyclic) bond motifs is 2. The molecule has 0 spiro atoms. The number of hydrogen-bond donors (Lipinski definition) is 0. The van der Waals surface area contributed by atoms with Crippen molar-refractivity contribution in [3.05, 3.63) is 145 Å². The third-order valence-corrected chi connectivity index (χ3v) is 8.16. The van der Waals surface area contributed by atoms with E-state index in [1.165, 1.54) is 49.4 Å². The normalized spacial score (nSPS) is 11.7. The van der Waals surface area contributed by atoms with Gasteiger partial charge in [0.1, 0.15) is 0 Å². The third kappa shape index (κ3) is 4.65. The molecule has 0 radical (unpaired) electrons. The molecule has 0 unspecified atom stereocenters. The van der Waals surface area contributed by atoms with Crippen molar-refractivity contribution in [1.29, 1.82) is 0 Å². The van der Waals surface area contributed by atoms with Gasteiger partial charge >= 0.3 is 0 Å². The van der Waals surface area contributed by atoms with Crippen LogP contribution in [0.25, 0.3) is 66.3 Å². The summed E-state index contributed by atoms with van der Waals surface area (Å²) in [5.41, 5.74) is 10.5. The summed E-state index contributed by atoms with van der Waals surface area (Å²) < 4.78 is 0. The number of hydrogen-bond acceptors (Lipinski definition) is 2. The van der Waals surface area contributed by atoms with Crippen LogP contribution in [0.5, 0.6) is 0 Å². The zero-order valence-corrected chi connectivity index (χ0v) is 24.2. The van der Waals surface area contributed by atoms with E-state index < -0.39 is 0 Å². The average Bonchev–Trinajstić information content (AvgIpc) is 3.04. The second kappa shape index (κ2) is 10.4. The van der Waals surface area contributed by atoms with Crippen LogP contribution in [0.2, 0.25) is 0 Å². The number of nitrogens with zero attached hydrogens (tertiary/aromatic N) is 2. The molecule has 0 amide bonds. The van der Waals surface area contributed by atoms with E-state index >= 15 is 0 Å². The van der Waals surface area contributed by atoms with E-state index in [0.717, 1.165) is 22.5 Å². The van der Waals surface area contributed by atoms with Crippen molar-refractivity contribution in [2.24, 2.45) is 0 Å². The highest BCUT2D eigenvalue weighted by Gasteiger charge is 2.20. The van der Waals surface area contributed by atoms with E-state index in [1.807, 2.05) is 36.7 Å². The fraction of sp³-hybridized carbons (Fsp3) is 0.100. The summed E-state index contributed by atoms with van der Waals surface area (Å²) in [5, 5.41) is 5.04. The van der Waals surface area contributed by atoms with Crippen molar-refractivity contribution in [1.82, 2.24) is 9.97 Å². The lowest BCUT2D eigenvalue weighted by molar-refractivity contribution is 0.591. The van der Waals surface area contributed by atoms with Crippen LogP contribution in [-0.4, -0.2) is 9.97 Å². The largest absolute Gasteiger partial charge is 0.256 e. The van der Waals surface area contributed by atoms with Crippen molar-refractivity contribution >= 4 is 21.5 Å². The van der Waals surface area contributed by atoms with Crippen LogP contribution in [0.4, 0.5) is 0 Å². The molecule has 0 bridgehead atoms. The monoisotopic (exact) mass is 540 g/mol. The fourth-order valence-electron chi connectivity index (χ4n) is 5.95. The molecule has 202 valence electrons. The Bertz CT molecular complexity index is 2020. The van der Waals surface area contributed by atoms with E-state index in [0.29, 0.717) is 0 Å². The predicted molar refractivity (Wildman–Crippen MR) is 177 cm³/mol. The minimum Gasteiger partial charge on any atom is -0.256 e. The van der Waals surface area contributed by atoms with E-state index in [1.54, 1.807) is 0 Å². The summed E-state index contributed by atoms with van der Waals surface area (Å²) in [7, 11) is 0. The Kier molecular flexibility index (Phi) is 6.40. The maximum Gasteiger partial charge on any atom is 0.0701 e. The van der Waals surface area contributed by atoms with E-state index in [4.69, 9.17) is 0 Å². The third-order valence-electron chi connectivity index (χ3n) is 8.16. The van der Waals surface area contributed by atoms with Gasteiger partial charge in [0.25, 0.3) is 0 Å². The van der Waals surface area contributed by atoms with Crippen LogP contribution >= 0.6 is 0 Å². The van der Waals surface area contributed by atoms with Gasteiger partial charge in [-0.1, -0.05) is 118 Å². The van der Waals surface area contributed by atoms with Crippen molar-refractivity contribution in [3.63, 3.8) is 0 Å². The fourth-order valence-corrected chi connectivity index (χ4v) is 5.95. The molecule has 2 heteroatoms. The Hall–Kier alpha value is -5.08. The summed E-state index contributed by atoms with van der Waals surface area (Å²) in [6.07, 6.45) is 3.69. The lowest BCUT2D eigenvalue weighted by Gasteiger charge is -2.23. The number of aromatic nitrogens is 2. The van der Waals surface area contributed by atoms with Gasteiger partial charge in [-0.2, -0.15) is 0 Å². The van der Waals surface area contributed by atoms with Gasteiger partial charge in [-0.15, -0.1) is 0 Å². The Morgan fingerprint density at radius 3 is 1.29 bits per heavy atom. The maximum atomic E-state index is 4.56. The highest BCUT2D eigenvalue weighted by molar-refractivity contribution is 6.21. The lowest BCUT2D eigenvalue weighted by Crippen LogP contribution is -2.10. The molecule has 7 rings (SSSR count). The molecule has 2 nitrogen and oxygen atoms in total. The minimum atomic E-state index is 0.0322.